The highest BCUT2D eigenvalue weighted by Crippen LogP contribution is 2.24. The van der Waals surface area contributed by atoms with Crippen molar-refractivity contribution < 1.29 is 17.9 Å². The summed E-state index contributed by atoms with van der Waals surface area (Å²) < 4.78 is 33.1. The zero-order valence-electron chi connectivity index (χ0n) is 17.9. The molecule has 1 atom stereocenters. The van der Waals surface area contributed by atoms with Crippen LogP contribution in [0.5, 0.6) is 5.75 Å². The summed E-state index contributed by atoms with van der Waals surface area (Å²) in [5.74, 6) is 1.02. The maximum atomic E-state index is 12.9. The van der Waals surface area contributed by atoms with E-state index in [4.69, 9.17) is 4.74 Å². The molecule has 0 saturated carbocycles. The Kier molecular flexibility index (Phi) is 6.65. The number of sulfonamides is 1. The molecule has 0 aliphatic heterocycles. The molecule has 0 bridgehead atoms. The number of hydrogen-bond acceptors (Lipinski definition) is 5. The maximum absolute atomic E-state index is 12.9. The Balaban J connectivity index is 1.80. The first-order valence-corrected chi connectivity index (χ1v) is 11.6. The van der Waals surface area contributed by atoms with Crippen molar-refractivity contribution in [2.24, 2.45) is 0 Å². The van der Waals surface area contributed by atoms with Crippen LogP contribution in [0.3, 0.4) is 0 Å². The standard InChI is InChI=1S/C22H26N4O4S/c1-16(26(31(4,28)29)19-9-11-20(30-3)12-10-19)22(27)24-15-18-7-5-6-8-21(18)25-14-13-23-17(25)2/h5-14,16H,15H2,1-4H3,(H,24,27)/t16-/m0/s1. The van der Waals surface area contributed by atoms with Crippen LogP contribution < -0.4 is 14.4 Å². The minimum atomic E-state index is -3.69. The lowest BCUT2D eigenvalue weighted by Gasteiger charge is -2.28. The molecular weight excluding hydrogens is 416 g/mol. The summed E-state index contributed by atoms with van der Waals surface area (Å²) in [4.78, 5) is 17.2. The van der Waals surface area contributed by atoms with E-state index in [2.05, 4.69) is 10.3 Å². The van der Waals surface area contributed by atoms with Crippen molar-refractivity contribution in [3.05, 3.63) is 72.3 Å². The van der Waals surface area contributed by atoms with Crippen LogP contribution in [0.15, 0.2) is 60.9 Å². The molecule has 1 heterocycles. The molecule has 8 nitrogen and oxygen atoms in total. The second kappa shape index (κ2) is 9.22. The Morgan fingerprint density at radius 3 is 2.45 bits per heavy atom. The number of nitrogens with one attached hydrogen (secondary N) is 1. The lowest BCUT2D eigenvalue weighted by molar-refractivity contribution is -0.122. The Labute approximate surface area is 182 Å². The molecule has 0 radical (unpaired) electrons. The lowest BCUT2D eigenvalue weighted by Crippen LogP contribution is -2.47. The van der Waals surface area contributed by atoms with Crippen LogP contribution in [0.4, 0.5) is 5.69 Å². The summed E-state index contributed by atoms with van der Waals surface area (Å²) in [7, 11) is -2.16. The number of para-hydroxylation sites is 1. The van der Waals surface area contributed by atoms with E-state index in [0.29, 0.717) is 11.4 Å². The van der Waals surface area contributed by atoms with Crippen molar-refractivity contribution in [1.29, 1.82) is 0 Å². The maximum Gasteiger partial charge on any atom is 0.243 e. The number of carbonyl (C=O) groups is 1. The zero-order chi connectivity index (χ0) is 22.6. The van der Waals surface area contributed by atoms with Crippen molar-refractivity contribution in [3.63, 3.8) is 0 Å². The van der Waals surface area contributed by atoms with Crippen molar-refractivity contribution in [2.45, 2.75) is 26.4 Å². The van der Waals surface area contributed by atoms with Gasteiger partial charge in [0.15, 0.2) is 0 Å². The Morgan fingerprint density at radius 2 is 1.87 bits per heavy atom. The van der Waals surface area contributed by atoms with E-state index in [1.54, 1.807) is 37.4 Å². The highest BCUT2D eigenvalue weighted by Gasteiger charge is 2.29. The number of methoxy groups -OCH3 is 1. The monoisotopic (exact) mass is 442 g/mol. The van der Waals surface area contributed by atoms with Crippen molar-refractivity contribution in [1.82, 2.24) is 14.9 Å². The highest BCUT2D eigenvalue weighted by molar-refractivity contribution is 7.92. The predicted octanol–water partition coefficient (Wildman–Crippen LogP) is 2.66. The van der Waals surface area contributed by atoms with Crippen molar-refractivity contribution in [3.8, 4) is 11.4 Å². The first kappa shape index (κ1) is 22.4. The Hall–Kier alpha value is -3.33. The van der Waals surface area contributed by atoms with Gasteiger partial charge in [-0.25, -0.2) is 13.4 Å². The summed E-state index contributed by atoms with van der Waals surface area (Å²) in [6.07, 6.45) is 4.65. The second-order valence-electron chi connectivity index (χ2n) is 7.12. The number of ether oxygens (including phenoxy) is 1. The normalized spacial score (nSPS) is 12.3. The number of benzene rings is 2. The number of aromatic nitrogens is 2. The molecule has 0 unspecified atom stereocenters. The number of hydrogen-bond donors (Lipinski definition) is 1. The molecule has 0 fully saturated rings. The van der Waals surface area contributed by atoms with Gasteiger partial charge in [-0.05, 0) is 49.7 Å². The summed E-state index contributed by atoms with van der Waals surface area (Å²) in [5.41, 5.74) is 2.18. The van der Waals surface area contributed by atoms with E-state index in [1.807, 2.05) is 42.0 Å². The van der Waals surface area contributed by atoms with Gasteiger partial charge in [0.05, 0.1) is 24.7 Å². The van der Waals surface area contributed by atoms with Gasteiger partial charge in [0.2, 0.25) is 15.9 Å². The van der Waals surface area contributed by atoms with Gasteiger partial charge in [0, 0.05) is 18.9 Å². The van der Waals surface area contributed by atoms with E-state index in [0.717, 1.165) is 27.6 Å². The molecule has 1 amide bonds. The van der Waals surface area contributed by atoms with Gasteiger partial charge in [-0.15, -0.1) is 0 Å². The molecular formula is C22H26N4O4S. The first-order valence-electron chi connectivity index (χ1n) is 9.71. The molecule has 1 aromatic heterocycles. The first-order chi connectivity index (χ1) is 14.7. The molecule has 0 aliphatic carbocycles. The fourth-order valence-electron chi connectivity index (χ4n) is 3.40. The van der Waals surface area contributed by atoms with Crippen LogP contribution in [0.1, 0.15) is 18.3 Å². The zero-order valence-corrected chi connectivity index (χ0v) is 18.8. The largest absolute Gasteiger partial charge is 0.497 e. The van der Waals surface area contributed by atoms with Crippen LogP contribution in [0.25, 0.3) is 5.69 Å². The van der Waals surface area contributed by atoms with Crippen LogP contribution in [0, 0.1) is 6.92 Å². The average molecular weight is 443 g/mol. The lowest BCUT2D eigenvalue weighted by atomic mass is 10.1. The third-order valence-electron chi connectivity index (χ3n) is 4.95. The minimum absolute atomic E-state index is 0.247. The van der Waals surface area contributed by atoms with Crippen molar-refractivity contribution >= 4 is 21.6 Å². The summed E-state index contributed by atoms with van der Waals surface area (Å²) in [6.45, 7) is 3.71. The summed E-state index contributed by atoms with van der Waals surface area (Å²) >= 11 is 0. The molecule has 2 aromatic carbocycles. The topological polar surface area (TPSA) is 93.5 Å². The third-order valence-corrected chi connectivity index (χ3v) is 6.19. The molecule has 9 heteroatoms. The number of amides is 1. The molecule has 3 rings (SSSR count). The number of aryl methyl sites for hydroxylation is 1. The fourth-order valence-corrected chi connectivity index (χ4v) is 4.57. The molecule has 0 spiro atoms. The minimum Gasteiger partial charge on any atom is -0.497 e. The number of rotatable bonds is 8. The van der Waals surface area contributed by atoms with Crippen LogP contribution in [-0.4, -0.2) is 43.3 Å². The van der Waals surface area contributed by atoms with E-state index in [1.165, 1.54) is 7.11 Å². The number of carbonyl (C=O) groups excluding carboxylic acids is 1. The molecule has 0 aliphatic rings. The van der Waals surface area contributed by atoms with E-state index in [9.17, 15) is 13.2 Å². The van der Waals surface area contributed by atoms with Gasteiger partial charge in [-0.1, -0.05) is 18.2 Å². The number of nitrogens with zero attached hydrogens (tertiary/aromatic N) is 3. The van der Waals surface area contributed by atoms with E-state index < -0.39 is 22.0 Å². The molecule has 31 heavy (non-hydrogen) atoms. The number of anilines is 1. The van der Waals surface area contributed by atoms with Gasteiger partial charge in [0.25, 0.3) is 0 Å². The Bertz CT molecular complexity index is 1160. The smallest absolute Gasteiger partial charge is 0.243 e. The number of imidazole rings is 1. The fraction of sp³-hybridized carbons (Fsp3) is 0.273. The third kappa shape index (κ3) is 5.05. The second-order valence-corrected chi connectivity index (χ2v) is 8.98. The van der Waals surface area contributed by atoms with Gasteiger partial charge >= 0.3 is 0 Å². The van der Waals surface area contributed by atoms with Crippen LogP contribution >= 0.6 is 0 Å². The van der Waals surface area contributed by atoms with Gasteiger partial charge in [0.1, 0.15) is 17.6 Å². The summed E-state index contributed by atoms with van der Waals surface area (Å²) in [5, 5.41) is 2.86. The van der Waals surface area contributed by atoms with Crippen LogP contribution in [0.2, 0.25) is 0 Å². The van der Waals surface area contributed by atoms with E-state index in [-0.39, 0.29) is 6.54 Å². The summed E-state index contributed by atoms with van der Waals surface area (Å²) in [6, 6.07) is 13.3. The van der Waals surface area contributed by atoms with Gasteiger partial charge in [-0.3, -0.25) is 9.10 Å². The Morgan fingerprint density at radius 1 is 1.19 bits per heavy atom. The van der Waals surface area contributed by atoms with Gasteiger partial charge < -0.3 is 14.6 Å². The molecule has 164 valence electrons. The SMILES string of the molecule is COc1ccc(N([C@@H](C)C(=O)NCc2ccccc2-n2ccnc2C)S(C)(=O)=O)cc1. The predicted molar refractivity (Wildman–Crippen MR) is 120 cm³/mol. The van der Waals surface area contributed by atoms with Gasteiger partial charge in [-0.2, -0.15) is 0 Å². The molecule has 1 N–H and O–H groups in total. The quantitative estimate of drug-likeness (QED) is 0.579. The average Bonchev–Trinajstić information content (AvgIpc) is 3.17. The molecule has 3 aromatic rings. The molecule has 0 saturated heterocycles. The highest BCUT2D eigenvalue weighted by atomic mass is 32.2. The van der Waals surface area contributed by atoms with E-state index >= 15 is 0 Å². The van der Waals surface area contributed by atoms with Crippen molar-refractivity contribution in [2.75, 3.05) is 17.7 Å². The van der Waals surface area contributed by atoms with Crippen LogP contribution in [-0.2, 0) is 21.4 Å².